The summed E-state index contributed by atoms with van der Waals surface area (Å²) in [5, 5.41) is 39.9. The first-order chi connectivity index (χ1) is 18.2. The molecule has 2 aromatic carbocycles. The summed E-state index contributed by atoms with van der Waals surface area (Å²) >= 11 is 1.65. The summed E-state index contributed by atoms with van der Waals surface area (Å²) in [5.74, 6) is -1.30. The van der Waals surface area contributed by atoms with Crippen molar-refractivity contribution in [2.75, 3.05) is 26.0 Å². The van der Waals surface area contributed by atoms with Crippen LogP contribution in [0.5, 0.6) is 5.75 Å². The lowest BCUT2D eigenvalue weighted by atomic mass is 9.83. The third-order valence-electron chi connectivity index (χ3n) is 6.47. The van der Waals surface area contributed by atoms with Crippen LogP contribution in [0, 0.1) is 0 Å². The number of hydrogen-bond acceptors (Lipinski definition) is 8. The summed E-state index contributed by atoms with van der Waals surface area (Å²) in [5.41, 5.74) is -0.0375. The number of aliphatic hydroxyl groups excluding tert-OH is 1. The lowest BCUT2D eigenvalue weighted by molar-refractivity contribution is -0.143. The standard InChI is InChI=1S/C24H28N2O3S.C4H6O4/c1-30-22-9-5-4-8-21(22)29-15-10-23(27)26-13-11-24(28,12-14-26)20-17-25-16-18-6-2-3-7-19(18)20;5-3(6)1-2-4(7)8/h2-9,16-17,23,27-28H,10-15H2,1H3;1-2H2,(H,5,6)(H,7,8). The van der Waals surface area contributed by atoms with E-state index in [1.54, 1.807) is 18.0 Å². The molecule has 3 aromatic rings. The average Bonchev–Trinajstić information content (AvgIpc) is 2.92. The molecular formula is C28H34N2O7S. The number of piperidine rings is 1. The van der Waals surface area contributed by atoms with Gasteiger partial charge in [0.2, 0.25) is 0 Å². The summed E-state index contributed by atoms with van der Waals surface area (Å²) in [4.78, 5) is 26.7. The fourth-order valence-electron chi connectivity index (χ4n) is 4.36. The monoisotopic (exact) mass is 542 g/mol. The average molecular weight is 543 g/mol. The van der Waals surface area contributed by atoms with E-state index in [0.29, 0.717) is 39.0 Å². The second-order valence-corrected chi connectivity index (χ2v) is 9.88. The van der Waals surface area contributed by atoms with Crippen LogP contribution >= 0.6 is 11.8 Å². The Kier molecular flexibility index (Phi) is 10.9. The van der Waals surface area contributed by atoms with E-state index in [0.717, 1.165) is 27.0 Å². The number of aliphatic hydroxyl groups is 2. The Morgan fingerprint density at radius 2 is 1.66 bits per heavy atom. The fourth-order valence-corrected chi connectivity index (χ4v) is 4.90. The summed E-state index contributed by atoms with van der Waals surface area (Å²) in [6.45, 7) is 1.71. The molecule has 0 saturated carbocycles. The van der Waals surface area contributed by atoms with Crippen LogP contribution in [-0.4, -0.2) is 74.4 Å². The topological polar surface area (TPSA) is 140 Å². The predicted octanol–water partition coefficient (Wildman–Crippen LogP) is 3.96. The molecule has 1 aromatic heterocycles. The summed E-state index contributed by atoms with van der Waals surface area (Å²) in [6, 6.07) is 16.0. The predicted molar refractivity (Wildman–Crippen MR) is 145 cm³/mol. The number of pyridine rings is 1. The highest BCUT2D eigenvalue weighted by molar-refractivity contribution is 7.98. The van der Waals surface area contributed by atoms with Crippen LogP contribution in [0.1, 0.15) is 37.7 Å². The minimum absolute atomic E-state index is 0.296. The number of rotatable bonds is 10. The number of benzene rings is 2. The number of aliphatic carboxylic acids is 2. The van der Waals surface area contributed by atoms with Crippen molar-refractivity contribution in [2.24, 2.45) is 0 Å². The fraction of sp³-hybridized carbons (Fsp3) is 0.393. The molecule has 9 nitrogen and oxygen atoms in total. The third kappa shape index (κ3) is 8.16. The number of ether oxygens (including phenoxy) is 1. The second-order valence-electron chi connectivity index (χ2n) is 9.03. The van der Waals surface area contributed by atoms with Gasteiger partial charge in [-0.05, 0) is 36.6 Å². The zero-order valence-corrected chi connectivity index (χ0v) is 22.1. The van der Waals surface area contributed by atoms with Crippen LogP contribution in [0.4, 0.5) is 0 Å². The van der Waals surface area contributed by atoms with Gasteiger partial charge in [0.25, 0.3) is 0 Å². The molecule has 1 fully saturated rings. The first-order valence-corrected chi connectivity index (χ1v) is 13.6. The van der Waals surface area contributed by atoms with Crippen molar-refractivity contribution >= 4 is 34.5 Å². The van der Waals surface area contributed by atoms with E-state index < -0.39 is 23.8 Å². The lowest BCUT2D eigenvalue weighted by Crippen LogP contribution is -2.47. The molecule has 1 aliphatic rings. The Balaban J connectivity index is 0.000000436. The van der Waals surface area contributed by atoms with Crippen LogP contribution in [0.2, 0.25) is 0 Å². The van der Waals surface area contributed by atoms with Crippen molar-refractivity contribution in [3.63, 3.8) is 0 Å². The normalized spacial score (nSPS) is 15.8. The minimum Gasteiger partial charge on any atom is -0.492 e. The highest BCUT2D eigenvalue weighted by Gasteiger charge is 2.37. The van der Waals surface area contributed by atoms with Gasteiger partial charge < -0.3 is 25.2 Å². The molecule has 1 aliphatic heterocycles. The molecule has 4 rings (SSSR count). The van der Waals surface area contributed by atoms with Crippen LogP contribution in [0.25, 0.3) is 10.8 Å². The van der Waals surface area contributed by atoms with E-state index in [1.807, 2.05) is 65.9 Å². The molecule has 204 valence electrons. The molecule has 0 aliphatic carbocycles. The molecule has 0 bridgehead atoms. The van der Waals surface area contributed by atoms with Gasteiger partial charge in [-0.1, -0.05) is 36.4 Å². The van der Waals surface area contributed by atoms with E-state index in [1.165, 1.54) is 0 Å². The van der Waals surface area contributed by atoms with Gasteiger partial charge >= 0.3 is 11.9 Å². The quantitative estimate of drug-likeness (QED) is 0.278. The van der Waals surface area contributed by atoms with Crippen LogP contribution in [-0.2, 0) is 15.2 Å². The number of carboxylic acids is 2. The Morgan fingerprint density at radius 1 is 1.03 bits per heavy atom. The zero-order valence-electron chi connectivity index (χ0n) is 21.3. The number of fused-ring (bicyclic) bond motifs is 1. The number of aromatic nitrogens is 1. The van der Waals surface area contributed by atoms with Gasteiger partial charge in [0.15, 0.2) is 0 Å². The van der Waals surface area contributed by atoms with Gasteiger partial charge in [-0.15, -0.1) is 11.8 Å². The Hall–Kier alpha value is -3.18. The minimum atomic E-state index is -1.08. The lowest BCUT2D eigenvalue weighted by Gasteiger charge is -2.40. The molecule has 1 saturated heterocycles. The largest absolute Gasteiger partial charge is 0.492 e. The molecule has 0 amide bonds. The maximum Gasteiger partial charge on any atom is 0.303 e. The van der Waals surface area contributed by atoms with Crippen LogP contribution in [0.3, 0.4) is 0 Å². The van der Waals surface area contributed by atoms with E-state index in [-0.39, 0.29) is 12.8 Å². The number of carboxylic acid groups (broad SMARTS) is 2. The highest BCUT2D eigenvalue weighted by atomic mass is 32.2. The molecule has 4 N–H and O–H groups in total. The maximum atomic E-state index is 11.3. The van der Waals surface area contributed by atoms with Crippen LogP contribution in [0.15, 0.2) is 65.8 Å². The molecule has 0 radical (unpaired) electrons. The molecule has 1 atom stereocenters. The summed E-state index contributed by atoms with van der Waals surface area (Å²) < 4.78 is 5.88. The number of likely N-dealkylation sites (tertiary alicyclic amines) is 1. The first kappa shape index (κ1) is 29.4. The molecule has 1 unspecified atom stereocenters. The molecule has 10 heteroatoms. The molecule has 0 spiro atoms. The number of hydrogen-bond donors (Lipinski definition) is 4. The first-order valence-electron chi connectivity index (χ1n) is 12.4. The van der Waals surface area contributed by atoms with Crippen molar-refractivity contribution < 1.29 is 34.8 Å². The number of thioether (sulfide) groups is 1. The van der Waals surface area contributed by atoms with E-state index in [9.17, 15) is 19.8 Å². The van der Waals surface area contributed by atoms with E-state index >= 15 is 0 Å². The van der Waals surface area contributed by atoms with E-state index in [2.05, 4.69) is 4.98 Å². The Morgan fingerprint density at radius 3 is 2.32 bits per heavy atom. The number of carbonyl (C=O) groups is 2. The Bertz CT molecular complexity index is 1200. The number of para-hydroxylation sites is 1. The van der Waals surface area contributed by atoms with Crippen LogP contribution < -0.4 is 4.74 Å². The highest BCUT2D eigenvalue weighted by Crippen LogP contribution is 2.37. The van der Waals surface area contributed by atoms with Crippen molar-refractivity contribution in [3.05, 3.63) is 66.5 Å². The van der Waals surface area contributed by atoms with Gasteiger partial charge in [-0.3, -0.25) is 19.5 Å². The van der Waals surface area contributed by atoms with Crippen molar-refractivity contribution in [1.29, 1.82) is 0 Å². The molecule has 38 heavy (non-hydrogen) atoms. The molecular weight excluding hydrogens is 508 g/mol. The third-order valence-corrected chi connectivity index (χ3v) is 7.25. The Labute approximate surface area is 226 Å². The second kappa shape index (κ2) is 14.1. The SMILES string of the molecule is CSc1ccccc1OCCC(O)N1CCC(O)(c2cncc3ccccc23)CC1.O=C(O)CCC(=O)O. The maximum absolute atomic E-state index is 11.3. The van der Waals surface area contributed by atoms with Crippen molar-refractivity contribution in [3.8, 4) is 5.75 Å². The number of nitrogens with zero attached hydrogens (tertiary/aromatic N) is 2. The van der Waals surface area contributed by atoms with Gasteiger partial charge in [-0.25, -0.2) is 0 Å². The molecule has 2 heterocycles. The van der Waals surface area contributed by atoms with E-state index in [4.69, 9.17) is 14.9 Å². The van der Waals surface area contributed by atoms with Gasteiger partial charge in [0, 0.05) is 47.7 Å². The van der Waals surface area contributed by atoms with Gasteiger partial charge in [-0.2, -0.15) is 0 Å². The smallest absolute Gasteiger partial charge is 0.303 e. The summed E-state index contributed by atoms with van der Waals surface area (Å²) in [6.07, 6.45) is 6.12. The van der Waals surface area contributed by atoms with Crippen molar-refractivity contribution in [2.45, 2.75) is 48.8 Å². The van der Waals surface area contributed by atoms with Gasteiger partial charge in [0.05, 0.1) is 25.0 Å². The van der Waals surface area contributed by atoms with Gasteiger partial charge in [0.1, 0.15) is 12.0 Å². The zero-order chi connectivity index (χ0) is 27.5. The summed E-state index contributed by atoms with van der Waals surface area (Å²) in [7, 11) is 0. The van der Waals surface area contributed by atoms with Crippen molar-refractivity contribution in [1.82, 2.24) is 9.88 Å².